The molecule has 0 aliphatic heterocycles. The minimum absolute atomic E-state index is 0.125. The number of furan rings is 1. The molecule has 2 aliphatic carbocycles. The number of nitrogens with zero attached hydrogens (tertiary/aromatic N) is 2. The van der Waals surface area contributed by atoms with Crippen molar-refractivity contribution in [2.75, 3.05) is 4.90 Å². The van der Waals surface area contributed by atoms with E-state index in [0.29, 0.717) is 0 Å². The molecule has 0 saturated carbocycles. The summed E-state index contributed by atoms with van der Waals surface area (Å²) in [6.45, 7) is 9.45. The third-order valence-electron chi connectivity index (χ3n) is 14.9. The maximum absolute atomic E-state index is 6.59. The molecule has 0 fully saturated rings. The Morgan fingerprint density at radius 3 is 1.72 bits per heavy atom. The van der Waals surface area contributed by atoms with Crippen LogP contribution in [0.1, 0.15) is 49.9 Å². The Labute approximate surface area is 397 Å². The van der Waals surface area contributed by atoms with Crippen LogP contribution in [-0.2, 0) is 10.8 Å². The summed E-state index contributed by atoms with van der Waals surface area (Å²) < 4.78 is 6.59. The molecule has 68 heavy (non-hydrogen) atoms. The lowest BCUT2D eigenvalue weighted by Gasteiger charge is -2.30. The summed E-state index contributed by atoms with van der Waals surface area (Å²) in [6.07, 6.45) is 0. The van der Waals surface area contributed by atoms with E-state index in [-0.39, 0.29) is 10.8 Å². The van der Waals surface area contributed by atoms with Gasteiger partial charge in [0.05, 0.1) is 17.1 Å². The Balaban J connectivity index is 0.944. The molecule has 0 unspecified atom stereocenters. The fraction of sp³-hybridized carbons (Fsp3) is 0.0923. The maximum Gasteiger partial charge on any atom is 0.136 e. The number of fused-ring (bicyclic) bond motifs is 9. The fourth-order valence-corrected chi connectivity index (χ4v) is 11.4. The van der Waals surface area contributed by atoms with Crippen molar-refractivity contribution in [2.24, 2.45) is 0 Å². The Hall–Kier alpha value is -8.27. The average molecular weight is 873 g/mol. The fourth-order valence-electron chi connectivity index (χ4n) is 11.4. The van der Waals surface area contributed by atoms with Gasteiger partial charge in [0.2, 0.25) is 0 Å². The molecular formula is C65H48N2O. The van der Waals surface area contributed by atoms with E-state index < -0.39 is 0 Å². The van der Waals surface area contributed by atoms with Gasteiger partial charge in [0.1, 0.15) is 11.2 Å². The van der Waals surface area contributed by atoms with E-state index in [2.05, 4.69) is 245 Å². The van der Waals surface area contributed by atoms with Crippen molar-refractivity contribution in [1.82, 2.24) is 4.98 Å². The number of rotatable bonds is 7. The summed E-state index contributed by atoms with van der Waals surface area (Å²) >= 11 is 0. The molecule has 0 saturated heterocycles. The summed E-state index contributed by atoms with van der Waals surface area (Å²) in [5, 5.41) is 2.13. The lowest BCUT2D eigenvalue weighted by atomic mass is 9.82. The summed E-state index contributed by atoms with van der Waals surface area (Å²) in [5.41, 5.74) is 24.0. The summed E-state index contributed by atoms with van der Waals surface area (Å²) in [5.74, 6) is 0. The van der Waals surface area contributed by atoms with E-state index in [4.69, 9.17) is 9.40 Å². The van der Waals surface area contributed by atoms with Crippen LogP contribution in [0.2, 0.25) is 0 Å². The molecule has 2 heterocycles. The second kappa shape index (κ2) is 15.1. The van der Waals surface area contributed by atoms with Gasteiger partial charge in [-0.3, -0.25) is 0 Å². The van der Waals surface area contributed by atoms with Gasteiger partial charge in [-0.15, -0.1) is 0 Å². The quantitative estimate of drug-likeness (QED) is 0.160. The predicted octanol–water partition coefficient (Wildman–Crippen LogP) is 17.7. The SMILES string of the molecule is CC1(C)c2ccccc2-c2ccc(N(c3ccc(-c4ccc5oc6cccc(-c7cc(-c8ccccc8)cc(-c8ccccc8)n7)c6c5c4)cc3)c3cccc4c3-c3ccccc3C4(C)C)cc21. The van der Waals surface area contributed by atoms with Crippen molar-refractivity contribution < 1.29 is 4.42 Å². The normalized spacial score (nSPS) is 13.8. The highest BCUT2D eigenvalue weighted by Crippen LogP contribution is 2.56. The van der Waals surface area contributed by atoms with Gasteiger partial charge in [0.15, 0.2) is 0 Å². The third-order valence-corrected chi connectivity index (χ3v) is 14.9. The van der Waals surface area contributed by atoms with Crippen LogP contribution in [0.5, 0.6) is 0 Å². The van der Waals surface area contributed by atoms with E-state index in [1.165, 1.54) is 50.2 Å². The van der Waals surface area contributed by atoms with Crippen LogP contribution < -0.4 is 4.90 Å². The number of anilines is 3. The highest BCUT2D eigenvalue weighted by Gasteiger charge is 2.39. The van der Waals surface area contributed by atoms with E-state index in [0.717, 1.165) is 78.1 Å². The monoisotopic (exact) mass is 872 g/mol. The molecule has 324 valence electrons. The Kier molecular flexibility index (Phi) is 8.91. The lowest BCUT2D eigenvalue weighted by Crippen LogP contribution is -2.17. The largest absolute Gasteiger partial charge is 0.456 e. The highest BCUT2D eigenvalue weighted by atomic mass is 16.3. The Morgan fingerprint density at radius 1 is 0.368 bits per heavy atom. The van der Waals surface area contributed by atoms with E-state index >= 15 is 0 Å². The van der Waals surface area contributed by atoms with Gasteiger partial charge in [-0.2, -0.15) is 0 Å². The standard InChI is InChI=1S/C65H48N2O/c1-64(2)54-25-14-12-22-50(54)63-55(64)26-16-27-59(63)67(47-34-35-49-48-21-11-13-24-53(48)65(3,4)56(49)40-47)46-32-29-42(30-33-46)44-31-36-60-52(37-44)62-51(23-15-28-61(62)68-60)58-39-45(41-17-7-5-8-18-41)38-57(66-58)43-19-9-6-10-20-43/h5-40H,1-4H3. The third kappa shape index (κ3) is 6.16. The summed E-state index contributed by atoms with van der Waals surface area (Å²) in [7, 11) is 0. The van der Waals surface area contributed by atoms with Crippen molar-refractivity contribution in [1.29, 1.82) is 0 Å². The first kappa shape index (κ1) is 40.0. The number of hydrogen-bond acceptors (Lipinski definition) is 3. The van der Waals surface area contributed by atoms with Crippen LogP contribution in [0.15, 0.2) is 223 Å². The van der Waals surface area contributed by atoms with Crippen molar-refractivity contribution in [3.05, 3.63) is 241 Å². The van der Waals surface area contributed by atoms with Gasteiger partial charge in [-0.25, -0.2) is 4.98 Å². The second-order valence-corrected chi connectivity index (χ2v) is 19.5. The lowest BCUT2D eigenvalue weighted by molar-refractivity contribution is 0.660. The van der Waals surface area contributed by atoms with E-state index in [1.807, 2.05) is 6.07 Å². The Morgan fingerprint density at radius 2 is 0.941 bits per heavy atom. The van der Waals surface area contributed by atoms with Crippen LogP contribution >= 0.6 is 0 Å². The smallest absolute Gasteiger partial charge is 0.136 e. The van der Waals surface area contributed by atoms with Gasteiger partial charge in [-0.05, 0) is 122 Å². The first-order chi connectivity index (χ1) is 33.2. The first-order valence-electron chi connectivity index (χ1n) is 23.7. The summed E-state index contributed by atoms with van der Waals surface area (Å²) in [4.78, 5) is 7.81. The van der Waals surface area contributed by atoms with Crippen molar-refractivity contribution >= 4 is 39.0 Å². The van der Waals surface area contributed by atoms with Gasteiger partial charge in [0, 0.05) is 49.7 Å². The van der Waals surface area contributed by atoms with E-state index in [1.54, 1.807) is 0 Å². The minimum atomic E-state index is -0.134. The molecule has 0 atom stereocenters. The molecule has 3 heteroatoms. The zero-order chi connectivity index (χ0) is 45.7. The molecule has 13 rings (SSSR count). The molecule has 0 spiro atoms. The zero-order valence-corrected chi connectivity index (χ0v) is 38.6. The van der Waals surface area contributed by atoms with Crippen LogP contribution in [0, 0.1) is 0 Å². The van der Waals surface area contributed by atoms with Crippen molar-refractivity contribution in [3.63, 3.8) is 0 Å². The summed E-state index contributed by atoms with van der Waals surface area (Å²) in [6, 6.07) is 79.3. The Bertz CT molecular complexity index is 3730. The van der Waals surface area contributed by atoms with E-state index in [9.17, 15) is 0 Å². The van der Waals surface area contributed by atoms with Crippen LogP contribution in [-0.4, -0.2) is 4.98 Å². The zero-order valence-electron chi connectivity index (χ0n) is 38.6. The van der Waals surface area contributed by atoms with Crippen molar-refractivity contribution in [2.45, 2.75) is 38.5 Å². The molecule has 3 nitrogen and oxygen atoms in total. The number of pyridine rings is 1. The second-order valence-electron chi connectivity index (χ2n) is 19.5. The maximum atomic E-state index is 6.59. The van der Waals surface area contributed by atoms with Crippen molar-refractivity contribution in [3.8, 4) is 67.0 Å². The van der Waals surface area contributed by atoms with Crippen LogP contribution in [0.4, 0.5) is 17.1 Å². The van der Waals surface area contributed by atoms with Crippen LogP contribution in [0.25, 0.3) is 89.0 Å². The van der Waals surface area contributed by atoms with Crippen LogP contribution in [0.3, 0.4) is 0 Å². The molecule has 11 aromatic rings. The minimum Gasteiger partial charge on any atom is -0.456 e. The molecule has 0 N–H and O–H groups in total. The molecule has 2 aromatic heterocycles. The van der Waals surface area contributed by atoms with Gasteiger partial charge in [0.25, 0.3) is 0 Å². The molecule has 9 aromatic carbocycles. The van der Waals surface area contributed by atoms with Gasteiger partial charge in [-0.1, -0.05) is 185 Å². The molecular weight excluding hydrogens is 825 g/mol. The number of aromatic nitrogens is 1. The number of benzene rings is 9. The molecule has 0 amide bonds. The molecule has 0 bridgehead atoms. The highest BCUT2D eigenvalue weighted by molar-refractivity contribution is 6.13. The first-order valence-corrected chi connectivity index (χ1v) is 23.7. The number of hydrogen-bond donors (Lipinski definition) is 0. The predicted molar refractivity (Wildman–Crippen MR) is 283 cm³/mol. The topological polar surface area (TPSA) is 29.3 Å². The molecule has 2 aliphatic rings. The molecule has 0 radical (unpaired) electrons. The average Bonchev–Trinajstić information content (AvgIpc) is 3.96. The van der Waals surface area contributed by atoms with Gasteiger partial charge < -0.3 is 9.32 Å². The van der Waals surface area contributed by atoms with Gasteiger partial charge >= 0.3 is 0 Å².